The summed E-state index contributed by atoms with van der Waals surface area (Å²) in [5.41, 5.74) is -6.26. The van der Waals surface area contributed by atoms with Gasteiger partial charge in [0.2, 0.25) is 0 Å². The first kappa shape index (κ1) is 28.9. The van der Waals surface area contributed by atoms with E-state index in [0.29, 0.717) is 6.07 Å². The molecule has 0 aliphatic carbocycles. The summed E-state index contributed by atoms with van der Waals surface area (Å²) in [5.74, 6) is -1.49. The Balaban J connectivity index is 1.96. The van der Waals surface area contributed by atoms with Crippen LogP contribution in [0.4, 0.5) is 26.3 Å². The van der Waals surface area contributed by atoms with Crippen molar-refractivity contribution in [3.63, 3.8) is 0 Å². The van der Waals surface area contributed by atoms with Gasteiger partial charge >= 0.3 is 18.3 Å². The van der Waals surface area contributed by atoms with Crippen LogP contribution in [0.5, 0.6) is 0 Å². The van der Waals surface area contributed by atoms with Gasteiger partial charge in [-0.2, -0.15) is 26.3 Å². The zero-order valence-electron chi connectivity index (χ0n) is 18.7. The summed E-state index contributed by atoms with van der Waals surface area (Å²) in [6, 6.07) is 3.35. The van der Waals surface area contributed by atoms with Crippen LogP contribution in [-0.4, -0.2) is 36.9 Å². The van der Waals surface area contributed by atoms with Crippen LogP contribution >= 0.6 is 34.8 Å². The molecule has 1 aliphatic heterocycles. The number of esters is 1. The third-order valence-corrected chi connectivity index (χ3v) is 6.55. The summed E-state index contributed by atoms with van der Waals surface area (Å²) < 4.78 is 87.4. The molecule has 6 nitrogen and oxygen atoms in total. The summed E-state index contributed by atoms with van der Waals surface area (Å²) in [6.45, 7) is 1.36. The van der Waals surface area contributed by atoms with Gasteiger partial charge in [0, 0.05) is 17.5 Å². The number of alkyl halides is 6. The van der Waals surface area contributed by atoms with E-state index in [-0.39, 0.29) is 27.9 Å². The SMILES string of the molecule is COC(=O)[C@H](C)NC(=O)c1ccc(C2=NOC(c3cc(Cl)c(Cl)c(C(F)(F)F)c3)(C(F)(F)F)C2)cc1Cl. The van der Waals surface area contributed by atoms with Crippen molar-refractivity contribution >= 4 is 52.4 Å². The third kappa shape index (κ3) is 5.60. The van der Waals surface area contributed by atoms with Gasteiger partial charge in [-0.05, 0) is 31.2 Å². The summed E-state index contributed by atoms with van der Waals surface area (Å²) in [4.78, 5) is 28.6. The molecule has 2 atom stereocenters. The standard InChI is InChI=1S/C22H15Cl3F6N2O4/c1-9(19(35)36-2)32-18(34)12-4-3-10(5-14(12)23)16-8-20(37-33-16,22(29,30)31)11-6-13(21(26,27)28)17(25)15(24)7-11/h3-7,9H,8H2,1-2H3,(H,32,34)/t9-,20?/m0/s1. The van der Waals surface area contributed by atoms with E-state index in [1.54, 1.807) is 0 Å². The van der Waals surface area contributed by atoms with Gasteiger partial charge in [0.05, 0.1) is 39.0 Å². The van der Waals surface area contributed by atoms with Crippen LogP contribution in [0, 0.1) is 0 Å². The fraction of sp³-hybridized carbons (Fsp3) is 0.318. The van der Waals surface area contributed by atoms with Gasteiger partial charge in [0.1, 0.15) is 6.04 Å². The lowest BCUT2D eigenvalue weighted by atomic mass is 9.85. The maximum absolute atomic E-state index is 14.2. The van der Waals surface area contributed by atoms with Gasteiger partial charge in [-0.25, -0.2) is 4.79 Å². The number of hydrogen-bond donors (Lipinski definition) is 1. The number of nitrogens with zero attached hydrogens (tertiary/aromatic N) is 1. The van der Waals surface area contributed by atoms with Gasteiger partial charge in [0.25, 0.3) is 11.5 Å². The molecule has 0 aromatic heterocycles. The smallest absolute Gasteiger partial charge is 0.435 e. The van der Waals surface area contributed by atoms with E-state index in [4.69, 9.17) is 39.6 Å². The number of benzene rings is 2. The first-order valence-corrected chi connectivity index (χ1v) is 11.2. The summed E-state index contributed by atoms with van der Waals surface area (Å²) in [6.07, 6.45) is -11.4. The molecule has 1 N–H and O–H groups in total. The molecule has 2 aromatic carbocycles. The number of amides is 1. The lowest BCUT2D eigenvalue weighted by Gasteiger charge is -2.30. The molecule has 15 heteroatoms. The van der Waals surface area contributed by atoms with E-state index in [2.05, 4.69) is 15.2 Å². The van der Waals surface area contributed by atoms with Gasteiger partial charge in [-0.15, -0.1) is 0 Å². The average Bonchev–Trinajstić information content (AvgIpc) is 3.26. The van der Waals surface area contributed by atoms with Crippen molar-refractivity contribution < 1.29 is 45.5 Å². The quantitative estimate of drug-likeness (QED) is 0.317. The molecule has 0 spiro atoms. The second-order valence-corrected chi connectivity index (χ2v) is 9.05. The Bertz CT molecular complexity index is 1280. The van der Waals surface area contributed by atoms with E-state index in [0.717, 1.165) is 13.2 Å². The van der Waals surface area contributed by atoms with Gasteiger partial charge in [-0.1, -0.05) is 46.0 Å². The van der Waals surface area contributed by atoms with Crippen LogP contribution in [-0.2, 0) is 26.1 Å². The van der Waals surface area contributed by atoms with Crippen molar-refractivity contribution in [1.82, 2.24) is 5.32 Å². The summed E-state index contributed by atoms with van der Waals surface area (Å²) >= 11 is 17.4. The Morgan fingerprint density at radius 3 is 2.27 bits per heavy atom. The molecule has 200 valence electrons. The fourth-order valence-electron chi connectivity index (χ4n) is 3.48. The molecule has 1 heterocycles. The number of carbonyl (C=O) groups is 2. The molecule has 0 bridgehead atoms. The third-order valence-electron chi connectivity index (χ3n) is 5.44. The van der Waals surface area contributed by atoms with Crippen molar-refractivity contribution in [2.45, 2.75) is 37.3 Å². The monoisotopic (exact) mass is 590 g/mol. The lowest BCUT2D eigenvalue weighted by Crippen LogP contribution is -2.43. The Kier molecular flexibility index (Phi) is 7.97. The Morgan fingerprint density at radius 1 is 1.08 bits per heavy atom. The minimum atomic E-state index is -5.23. The van der Waals surface area contributed by atoms with E-state index in [1.807, 2.05) is 0 Å². The molecule has 2 aromatic rings. The number of halogens is 9. The predicted molar refractivity (Wildman–Crippen MR) is 122 cm³/mol. The lowest BCUT2D eigenvalue weighted by molar-refractivity contribution is -0.276. The van der Waals surface area contributed by atoms with Crippen LogP contribution in [0.1, 0.15) is 40.4 Å². The van der Waals surface area contributed by atoms with Gasteiger partial charge in [-0.3, -0.25) is 4.79 Å². The van der Waals surface area contributed by atoms with E-state index in [1.165, 1.54) is 19.1 Å². The second kappa shape index (κ2) is 10.2. The molecular formula is C22H15Cl3F6N2O4. The summed E-state index contributed by atoms with van der Waals surface area (Å²) in [5, 5.41) is 3.89. The van der Waals surface area contributed by atoms with E-state index >= 15 is 0 Å². The molecule has 3 rings (SSSR count). The first-order valence-electron chi connectivity index (χ1n) is 10.1. The minimum Gasteiger partial charge on any atom is -0.467 e. The molecule has 0 saturated heterocycles. The molecule has 37 heavy (non-hydrogen) atoms. The highest BCUT2D eigenvalue weighted by molar-refractivity contribution is 6.42. The van der Waals surface area contributed by atoms with E-state index < -0.39 is 63.5 Å². The van der Waals surface area contributed by atoms with Crippen LogP contribution in [0.25, 0.3) is 0 Å². The number of hydrogen-bond acceptors (Lipinski definition) is 5. The molecule has 1 aliphatic rings. The largest absolute Gasteiger partial charge is 0.467 e. The molecular weight excluding hydrogens is 577 g/mol. The fourth-order valence-corrected chi connectivity index (χ4v) is 4.18. The van der Waals surface area contributed by atoms with Crippen LogP contribution in [0.15, 0.2) is 35.5 Å². The zero-order valence-corrected chi connectivity index (χ0v) is 20.9. The number of nitrogens with one attached hydrogen (secondary N) is 1. The Labute approximate surface area is 220 Å². The zero-order chi connectivity index (χ0) is 27.9. The highest BCUT2D eigenvalue weighted by Crippen LogP contribution is 2.51. The molecule has 0 saturated carbocycles. The Hall–Kier alpha value is -2.70. The molecule has 0 fully saturated rings. The Morgan fingerprint density at radius 2 is 1.73 bits per heavy atom. The van der Waals surface area contributed by atoms with Crippen molar-refractivity contribution in [3.8, 4) is 0 Å². The van der Waals surface area contributed by atoms with Crippen LogP contribution < -0.4 is 5.32 Å². The molecule has 1 amide bonds. The number of ether oxygens (including phenoxy) is 1. The number of rotatable bonds is 5. The number of oxime groups is 1. The van der Waals surface area contributed by atoms with Crippen molar-refractivity contribution in [2.24, 2.45) is 5.16 Å². The van der Waals surface area contributed by atoms with Crippen molar-refractivity contribution in [3.05, 3.63) is 67.7 Å². The highest BCUT2D eigenvalue weighted by atomic mass is 35.5. The predicted octanol–water partition coefficient (Wildman–Crippen LogP) is 6.54. The highest BCUT2D eigenvalue weighted by Gasteiger charge is 2.63. The molecule has 1 unspecified atom stereocenters. The maximum Gasteiger partial charge on any atom is 0.435 e. The van der Waals surface area contributed by atoms with Crippen molar-refractivity contribution in [1.29, 1.82) is 0 Å². The molecule has 0 radical (unpaired) electrons. The maximum atomic E-state index is 14.2. The topological polar surface area (TPSA) is 77.0 Å². The number of methoxy groups -OCH3 is 1. The van der Waals surface area contributed by atoms with Crippen molar-refractivity contribution in [2.75, 3.05) is 7.11 Å². The van der Waals surface area contributed by atoms with Gasteiger partial charge < -0.3 is 14.9 Å². The average molecular weight is 592 g/mol. The summed E-state index contributed by atoms with van der Waals surface area (Å²) in [7, 11) is 1.13. The van der Waals surface area contributed by atoms with E-state index in [9.17, 15) is 35.9 Å². The van der Waals surface area contributed by atoms with Crippen LogP contribution in [0.3, 0.4) is 0 Å². The normalized spacial score (nSPS) is 18.6. The van der Waals surface area contributed by atoms with Crippen LogP contribution in [0.2, 0.25) is 15.1 Å². The number of carbonyl (C=O) groups excluding carboxylic acids is 2. The second-order valence-electron chi connectivity index (χ2n) is 7.86. The van der Waals surface area contributed by atoms with Gasteiger partial charge in [0.15, 0.2) is 0 Å². The minimum absolute atomic E-state index is 0.00444. The first-order chi connectivity index (χ1) is 17.0.